The largest absolute Gasteiger partial charge is 0.371 e. The lowest BCUT2D eigenvalue weighted by Crippen LogP contribution is -2.45. The van der Waals surface area contributed by atoms with Crippen LogP contribution in [0.5, 0.6) is 0 Å². The van der Waals surface area contributed by atoms with Crippen molar-refractivity contribution < 1.29 is 17.6 Å². The van der Waals surface area contributed by atoms with E-state index in [4.69, 9.17) is 0 Å². The van der Waals surface area contributed by atoms with Gasteiger partial charge in [-0.25, -0.2) is 12.8 Å². The summed E-state index contributed by atoms with van der Waals surface area (Å²) < 4.78 is 40.5. The molecule has 3 atom stereocenters. The number of rotatable bonds is 6. The first-order valence-corrected chi connectivity index (χ1v) is 13.6. The number of piperidine rings is 2. The Kier molecular flexibility index (Phi) is 7.57. The van der Waals surface area contributed by atoms with Crippen LogP contribution in [0.2, 0.25) is 0 Å². The van der Waals surface area contributed by atoms with Crippen LogP contribution in [0.3, 0.4) is 0 Å². The molecule has 2 aliphatic rings. The Bertz CT molecular complexity index is 1090. The maximum Gasteiger partial charge on any atom is 0.243 e. The first-order chi connectivity index (χ1) is 16.2. The van der Waals surface area contributed by atoms with E-state index in [1.54, 1.807) is 0 Å². The van der Waals surface area contributed by atoms with Gasteiger partial charge in [-0.05, 0) is 80.5 Å². The van der Waals surface area contributed by atoms with Gasteiger partial charge in [-0.3, -0.25) is 4.79 Å². The lowest BCUT2D eigenvalue weighted by atomic mass is 9.97. The summed E-state index contributed by atoms with van der Waals surface area (Å²) in [5.74, 6) is -0.336. The lowest BCUT2D eigenvalue weighted by molar-refractivity contribution is -0.126. The maximum absolute atomic E-state index is 13.2. The standard InChI is InChI=1S/C26H34FN3O3S/c1-19-5-3-15-29(17-19)24-11-7-21(8-12-24)20(2)28-26(31)22-6-4-16-30(18-22)34(32,33)25-13-9-23(27)10-14-25/h7-14,19-20,22H,3-6,15-18H2,1-2H3,(H,28,31)/t19-,20+,22-/m1/s1. The molecular formula is C26H34FN3O3S. The number of carbonyl (C=O) groups excluding carboxylic acids is 1. The topological polar surface area (TPSA) is 69.7 Å². The van der Waals surface area contributed by atoms with Gasteiger partial charge in [0.15, 0.2) is 0 Å². The van der Waals surface area contributed by atoms with Crippen LogP contribution in [-0.2, 0) is 14.8 Å². The Morgan fingerprint density at radius 3 is 2.35 bits per heavy atom. The Hall–Kier alpha value is -2.45. The Labute approximate surface area is 202 Å². The van der Waals surface area contributed by atoms with Gasteiger partial charge in [-0.2, -0.15) is 4.31 Å². The zero-order chi connectivity index (χ0) is 24.3. The number of carbonyl (C=O) groups is 1. The van der Waals surface area contributed by atoms with E-state index >= 15 is 0 Å². The van der Waals surface area contributed by atoms with Crippen molar-refractivity contribution in [2.75, 3.05) is 31.1 Å². The molecule has 2 fully saturated rings. The molecule has 2 aliphatic heterocycles. The van der Waals surface area contributed by atoms with Crippen LogP contribution < -0.4 is 10.2 Å². The second kappa shape index (κ2) is 10.4. The first kappa shape index (κ1) is 24.7. The fourth-order valence-electron chi connectivity index (χ4n) is 4.94. The monoisotopic (exact) mass is 487 g/mol. The van der Waals surface area contributed by atoms with E-state index in [9.17, 15) is 17.6 Å². The number of nitrogens with one attached hydrogen (secondary N) is 1. The van der Waals surface area contributed by atoms with Crippen LogP contribution in [0.15, 0.2) is 53.4 Å². The maximum atomic E-state index is 13.2. The minimum absolute atomic E-state index is 0.0477. The molecule has 34 heavy (non-hydrogen) atoms. The molecule has 0 aromatic heterocycles. The summed E-state index contributed by atoms with van der Waals surface area (Å²) in [6.45, 7) is 6.88. The molecule has 8 heteroatoms. The molecular weight excluding hydrogens is 453 g/mol. The molecule has 2 heterocycles. The van der Waals surface area contributed by atoms with E-state index in [-0.39, 0.29) is 23.4 Å². The zero-order valence-corrected chi connectivity index (χ0v) is 20.7. The SMILES string of the molecule is C[C@@H]1CCCN(c2ccc([C@H](C)NC(=O)[C@@H]3CCCN(S(=O)(=O)c4ccc(F)cc4)C3)cc2)C1. The average molecular weight is 488 g/mol. The summed E-state index contributed by atoms with van der Waals surface area (Å²) in [4.78, 5) is 15.5. The molecule has 0 radical (unpaired) electrons. The minimum atomic E-state index is -3.76. The van der Waals surface area contributed by atoms with E-state index in [2.05, 4.69) is 41.4 Å². The highest BCUT2D eigenvalue weighted by molar-refractivity contribution is 7.89. The highest BCUT2D eigenvalue weighted by Crippen LogP contribution is 2.27. The van der Waals surface area contributed by atoms with Gasteiger partial charge in [-0.15, -0.1) is 0 Å². The summed E-state index contributed by atoms with van der Waals surface area (Å²) in [6.07, 6.45) is 3.74. The average Bonchev–Trinajstić information content (AvgIpc) is 2.84. The predicted octanol–water partition coefficient (Wildman–Crippen LogP) is 4.34. The number of sulfonamides is 1. The van der Waals surface area contributed by atoms with Crippen molar-refractivity contribution in [3.63, 3.8) is 0 Å². The first-order valence-electron chi connectivity index (χ1n) is 12.1. The summed E-state index contributed by atoms with van der Waals surface area (Å²) in [6, 6.07) is 13.0. The smallest absolute Gasteiger partial charge is 0.243 e. The molecule has 2 aromatic rings. The number of halogens is 1. The number of hydrogen-bond acceptors (Lipinski definition) is 4. The summed E-state index contributed by atoms with van der Waals surface area (Å²) in [5, 5.41) is 3.07. The molecule has 0 aliphatic carbocycles. The second-order valence-electron chi connectivity index (χ2n) is 9.67. The van der Waals surface area contributed by atoms with E-state index in [0.717, 1.165) is 30.8 Å². The molecule has 1 N–H and O–H groups in total. The fraction of sp³-hybridized carbons (Fsp3) is 0.500. The van der Waals surface area contributed by atoms with E-state index < -0.39 is 21.8 Å². The highest BCUT2D eigenvalue weighted by Gasteiger charge is 2.33. The Morgan fingerprint density at radius 1 is 1.00 bits per heavy atom. The quantitative estimate of drug-likeness (QED) is 0.658. The van der Waals surface area contributed by atoms with Gasteiger partial charge < -0.3 is 10.2 Å². The third-order valence-electron chi connectivity index (χ3n) is 6.98. The number of amides is 1. The summed E-state index contributed by atoms with van der Waals surface area (Å²) in [7, 11) is -3.76. The molecule has 4 rings (SSSR count). The van der Waals surface area contributed by atoms with Crippen molar-refractivity contribution in [3.8, 4) is 0 Å². The number of anilines is 1. The second-order valence-corrected chi connectivity index (χ2v) is 11.6. The van der Waals surface area contributed by atoms with Gasteiger partial charge >= 0.3 is 0 Å². The van der Waals surface area contributed by atoms with Crippen molar-refractivity contribution in [1.82, 2.24) is 9.62 Å². The van der Waals surface area contributed by atoms with Crippen molar-refractivity contribution in [3.05, 3.63) is 59.9 Å². The number of nitrogens with zero attached hydrogens (tertiary/aromatic N) is 2. The van der Waals surface area contributed by atoms with Crippen LogP contribution in [0.4, 0.5) is 10.1 Å². The van der Waals surface area contributed by atoms with Crippen LogP contribution in [0.1, 0.15) is 51.1 Å². The van der Waals surface area contributed by atoms with Crippen molar-refractivity contribution in [2.24, 2.45) is 11.8 Å². The Morgan fingerprint density at radius 2 is 1.68 bits per heavy atom. The summed E-state index contributed by atoms with van der Waals surface area (Å²) in [5.41, 5.74) is 2.23. The molecule has 2 saturated heterocycles. The van der Waals surface area contributed by atoms with Gasteiger partial charge in [-0.1, -0.05) is 19.1 Å². The van der Waals surface area contributed by atoms with Crippen molar-refractivity contribution >= 4 is 21.6 Å². The molecule has 2 aromatic carbocycles. The molecule has 1 amide bonds. The highest BCUT2D eigenvalue weighted by atomic mass is 32.2. The molecule has 0 saturated carbocycles. The van der Waals surface area contributed by atoms with Crippen molar-refractivity contribution in [2.45, 2.75) is 50.5 Å². The number of hydrogen-bond donors (Lipinski definition) is 1. The molecule has 184 valence electrons. The molecule has 0 unspecified atom stereocenters. The molecule has 0 spiro atoms. The number of benzene rings is 2. The Balaban J connectivity index is 1.36. The minimum Gasteiger partial charge on any atom is -0.371 e. The zero-order valence-electron chi connectivity index (χ0n) is 19.9. The van der Waals surface area contributed by atoms with Gasteiger partial charge in [0, 0.05) is 31.9 Å². The molecule has 6 nitrogen and oxygen atoms in total. The fourth-order valence-corrected chi connectivity index (χ4v) is 6.47. The van der Waals surface area contributed by atoms with Gasteiger partial charge in [0.2, 0.25) is 15.9 Å². The van der Waals surface area contributed by atoms with Crippen LogP contribution in [0.25, 0.3) is 0 Å². The van der Waals surface area contributed by atoms with Gasteiger partial charge in [0.05, 0.1) is 16.9 Å². The third kappa shape index (κ3) is 5.61. The van der Waals surface area contributed by atoms with E-state index in [0.29, 0.717) is 25.3 Å². The van der Waals surface area contributed by atoms with Gasteiger partial charge in [0.25, 0.3) is 0 Å². The van der Waals surface area contributed by atoms with E-state index in [1.807, 2.05) is 6.92 Å². The van der Waals surface area contributed by atoms with Crippen molar-refractivity contribution in [1.29, 1.82) is 0 Å². The third-order valence-corrected chi connectivity index (χ3v) is 8.86. The predicted molar refractivity (Wildman–Crippen MR) is 131 cm³/mol. The van der Waals surface area contributed by atoms with Gasteiger partial charge in [0.1, 0.15) is 5.82 Å². The molecule has 0 bridgehead atoms. The lowest BCUT2D eigenvalue weighted by Gasteiger charge is -2.33. The normalized spacial score (nSPS) is 22.9. The van der Waals surface area contributed by atoms with Crippen LogP contribution in [0, 0.1) is 17.7 Å². The summed E-state index contributed by atoms with van der Waals surface area (Å²) >= 11 is 0. The van der Waals surface area contributed by atoms with E-state index in [1.165, 1.54) is 35.0 Å². The van der Waals surface area contributed by atoms with Crippen LogP contribution >= 0.6 is 0 Å². The van der Waals surface area contributed by atoms with Crippen LogP contribution in [-0.4, -0.2) is 44.8 Å².